The summed E-state index contributed by atoms with van der Waals surface area (Å²) >= 11 is 0. The molecule has 2 aromatic rings. The monoisotopic (exact) mass is 295 g/mol. The lowest BCUT2D eigenvalue weighted by molar-refractivity contribution is 0.0697. The summed E-state index contributed by atoms with van der Waals surface area (Å²) in [5.41, 5.74) is -0.0143. The minimum Gasteiger partial charge on any atom is -0.478 e. The first-order valence-electron chi connectivity index (χ1n) is 5.69. The molecule has 0 aromatic heterocycles. The van der Waals surface area contributed by atoms with Crippen LogP contribution in [0.2, 0.25) is 0 Å². The molecule has 0 amide bonds. The van der Waals surface area contributed by atoms with E-state index in [1.807, 2.05) is 0 Å². The van der Waals surface area contributed by atoms with Gasteiger partial charge < -0.3 is 5.11 Å². The van der Waals surface area contributed by atoms with Crippen molar-refractivity contribution in [3.05, 3.63) is 29.8 Å². The molecule has 0 aliphatic rings. The normalized spacial score (nSPS) is 9.27. The average Bonchev–Trinajstić information content (AvgIpc) is 2.48. The molecule has 0 unspecified atom stereocenters. The van der Waals surface area contributed by atoms with Gasteiger partial charge in [0.25, 0.3) is 0 Å². The van der Waals surface area contributed by atoms with Crippen LogP contribution in [0.5, 0.6) is 0 Å². The zero-order valence-electron chi connectivity index (χ0n) is 10.7. The molecule has 8 heteroatoms. The summed E-state index contributed by atoms with van der Waals surface area (Å²) < 4.78 is 0. The first-order valence-corrected chi connectivity index (χ1v) is 5.69. The molecule has 0 heterocycles. The molecule has 1 N–H and O–H groups in total. The van der Waals surface area contributed by atoms with Gasteiger partial charge >= 0.3 is 5.97 Å². The molecule has 0 bridgehead atoms. The van der Waals surface area contributed by atoms with Crippen LogP contribution in [0.4, 0.5) is 17.1 Å². The van der Waals surface area contributed by atoms with Crippen LogP contribution in [-0.4, -0.2) is 29.3 Å². The van der Waals surface area contributed by atoms with Crippen LogP contribution in [0.15, 0.2) is 39.2 Å². The fourth-order valence-corrected chi connectivity index (χ4v) is 1.93. The largest absolute Gasteiger partial charge is 0.478 e. The zero-order chi connectivity index (χ0) is 16.1. The lowest BCUT2D eigenvalue weighted by Crippen LogP contribution is -1.95. The van der Waals surface area contributed by atoms with Gasteiger partial charge in [-0.1, -0.05) is 0 Å². The van der Waals surface area contributed by atoms with Crippen molar-refractivity contribution in [2.24, 2.45) is 15.0 Å². The maximum Gasteiger partial charge on any atom is 0.335 e. The summed E-state index contributed by atoms with van der Waals surface area (Å²) in [7, 11) is 0. The van der Waals surface area contributed by atoms with Gasteiger partial charge in [-0.05, 0) is 24.3 Å². The smallest absolute Gasteiger partial charge is 0.335 e. The van der Waals surface area contributed by atoms with Crippen LogP contribution >= 0.6 is 0 Å². The van der Waals surface area contributed by atoms with Gasteiger partial charge in [-0.15, -0.1) is 0 Å². The first-order chi connectivity index (χ1) is 10.6. The maximum absolute atomic E-state index is 11.1. The molecule has 2 aromatic carbocycles. The maximum atomic E-state index is 11.1. The number of isocyanates is 3. The predicted octanol–water partition coefficient (Wildman–Crippen LogP) is 2.44. The highest BCUT2D eigenvalue weighted by atomic mass is 16.4. The van der Waals surface area contributed by atoms with E-state index in [4.69, 9.17) is 5.11 Å². The van der Waals surface area contributed by atoms with E-state index in [2.05, 4.69) is 15.0 Å². The number of rotatable bonds is 4. The SMILES string of the molecule is O=C=Nc1cc(N=C=O)c2cc(C(=O)O)cc(N=C=O)c2c1. The Balaban J connectivity index is 3.02. The number of fused-ring (bicyclic) bond motifs is 1. The van der Waals surface area contributed by atoms with Crippen molar-refractivity contribution in [2.75, 3.05) is 0 Å². The molecule has 0 aliphatic carbocycles. The minimum absolute atomic E-state index is 0.00445. The number of carbonyl (C=O) groups is 1. The minimum atomic E-state index is -1.25. The van der Waals surface area contributed by atoms with E-state index in [-0.39, 0.29) is 33.4 Å². The van der Waals surface area contributed by atoms with Gasteiger partial charge in [-0.3, -0.25) is 0 Å². The Morgan fingerprint density at radius 3 is 1.91 bits per heavy atom. The zero-order valence-corrected chi connectivity index (χ0v) is 10.7. The molecule has 0 spiro atoms. The van der Waals surface area contributed by atoms with Crippen LogP contribution in [0.1, 0.15) is 10.4 Å². The average molecular weight is 295 g/mol. The van der Waals surface area contributed by atoms with E-state index in [9.17, 15) is 19.2 Å². The molecular weight excluding hydrogens is 290 g/mol. The highest BCUT2D eigenvalue weighted by Crippen LogP contribution is 2.37. The molecule has 0 saturated heterocycles. The van der Waals surface area contributed by atoms with Crippen molar-refractivity contribution in [1.82, 2.24) is 0 Å². The van der Waals surface area contributed by atoms with Crippen LogP contribution in [0, 0.1) is 0 Å². The van der Waals surface area contributed by atoms with Crippen LogP contribution < -0.4 is 0 Å². The van der Waals surface area contributed by atoms with Gasteiger partial charge in [-0.2, -0.15) is 15.0 Å². The van der Waals surface area contributed by atoms with Gasteiger partial charge in [0.2, 0.25) is 18.2 Å². The third-order valence-electron chi connectivity index (χ3n) is 2.76. The van der Waals surface area contributed by atoms with E-state index < -0.39 is 5.97 Å². The molecule has 0 aliphatic heterocycles. The van der Waals surface area contributed by atoms with E-state index in [1.54, 1.807) is 0 Å². The molecule has 0 atom stereocenters. The number of benzene rings is 2. The highest BCUT2D eigenvalue weighted by molar-refractivity contribution is 6.06. The van der Waals surface area contributed by atoms with Crippen molar-refractivity contribution in [2.45, 2.75) is 0 Å². The Bertz CT molecular complexity index is 868. The van der Waals surface area contributed by atoms with Gasteiger partial charge in [0.1, 0.15) is 0 Å². The van der Waals surface area contributed by atoms with E-state index in [0.717, 1.165) is 6.07 Å². The molecular formula is C14H5N3O5. The number of carboxylic acid groups (broad SMARTS) is 1. The summed E-state index contributed by atoms with van der Waals surface area (Å²) in [6, 6.07) is 5.06. The molecule has 0 fully saturated rings. The lowest BCUT2D eigenvalue weighted by Gasteiger charge is -2.07. The van der Waals surface area contributed by atoms with Crippen molar-refractivity contribution < 1.29 is 24.3 Å². The number of nitrogens with zero attached hydrogens (tertiary/aromatic N) is 3. The summed E-state index contributed by atoms with van der Waals surface area (Å²) in [5, 5.41) is 9.59. The third-order valence-corrected chi connectivity index (χ3v) is 2.76. The quantitative estimate of drug-likeness (QED) is 0.684. The molecule has 0 radical (unpaired) electrons. The summed E-state index contributed by atoms with van der Waals surface area (Å²) in [4.78, 5) is 52.8. The Morgan fingerprint density at radius 2 is 1.36 bits per heavy atom. The number of aromatic carboxylic acids is 1. The highest BCUT2D eigenvalue weighted by Gasteiger charge is 2.13. The fraction of sp³-hybridized carbons (Fsp3) is 0. The van der Waals surface area contributed by atoms with Crippen molar-refractivity contribution in [3.8, 4) is 0 Å². The third kappa shape index (κ3) is 2.75. The van der Waals surface area contributed by atoms with Crippen LogP contribution in [0.25, 0.3) is 10.8 Å². The second-order valence-corrected chi connectivity index (χ2v) is 3.97. The topological polar surface area (TPSA) is 126 Å². The molecule has 22 heavy (non-hydrogen) atoms. The lowest BCUT2D eigenvalue weighted by atomic mass is 10.0. The molecule has 0 saturated carbocycles. The predicted molar refractivity (Wildman–Crippen MR) is 74.3 cm³/mol. The van der Waals surface area contributed by atoms with E-state index >= 15 is 0 Å². The Hall–Kier alpha value is -3.69. The Kier molecular flexibility index (Phi) is 4.13. The molecule has 106 valence electrons. The van der Waals surface area contributed by atoms with E-state index in [1.165, 1.54) is 36.4 Å². The summed E-state index contributed by atoms with van der Waals surface area (Å²) in [6.45, 7) is 0. The van der Waals surface area contributed by atoms with Gasteiger partial charge in [-0.25, -0.2) is 19.2 Å². The second kappa shape index (κ2) is 6.17. The number of carboxylic acids is 1. The van der Waals surface area contributed by atoms with Crippen molar-refractivity contribution in [1.29, 1.82) is 0 Å². The number of hydrogen-bond acceptors (Lipinski definition) is 7. The van der Waals surface area contributed by atoms with Gasteiger partial charge in [0.15, 0.2) is 0 Å². The molecule has 8 nitrogen and oxygen atoms in total. The number of aliphatic imine (C=N–C) groups is 3. The van der Waals surface area contributed by atoms with Gasteiger partial charge in [0.05, 0.1) is 22.6 Å². The van der Waals surface area contributed by atoms with E-state index in [0.29, 0.717) is 0 Å². The fourth-order valence-electron chi connectivity index (χ4n) is 1.93. The van der Waals surface area contributed by atoms with Crippen LogP contribution in [0.3, 0.4) is 0 Å². The Morgan fingerprint density at radius 1 is 0.818 bits per heavy atom. The molecule has 2 rings (SSSR count). The van der Waals surface area contributed by atoms with Crippen molar-refractivity contribution in [3.63, 3.8) is 0 Å². The van der Waals surface area contributed by atoms with Crippen LogP contribution in [-0.2, 0) is 14.4 Å². The standard InChI is InChI=1S/C14H5N3O5/c18-5-15-9-3-11-10(13(4-9)17-7-20)1-8(14(21)22)2-12(11)16-6-19/h1-4H,(H,21,22). The second-order valence-electron chi connectivity index (χ2n) is 3.97. The number of carbonyl (C=O) groups excluding carboxylic acids is 3. The summed E-state index contributed by atoms with van der Waals surface area (Å²) in [5.74, 6) is -1.25. The first kappa shape index (κ1) is 14.7. The van der Waals surface area contributed by atoms with Crippen molar-refractivity contribution >= 4 is 52.0 Å². The van der Waals surface area contributed by atoms with Gasteiger partial charge in [0, 0.05) is 10.8 Å². The Labute approximate surface area is 122 Å². The summed E-state index contributed by atoms with van der Waals surface area (Å²) in [6.07, 6.45) is 3.97. The number of hydrogen-bond donors (Lipinski definition) is 1.